The lowest BCUT2D eigenvalue weighted by molar-refractivity contribution is 0.0962. The molecule has 0 aromatic carbocycles. The van der Waals surface area contributed by atoms with Crippen LogP contribution in [0.3, 0.4) is 0 Å². The van der Waals surface area contributed by atoms with Crippen molar-refractivity contribution in [3.63, 3.8) is 0 Å². The van der Waals surface area contributed by atoms with Gasteiger partial charge in [-0.15, -0.1) is 0 Å². The number of carbonyl (C=O) groups is 1. The summed E-state index contributed by atoms with van der Waals surface area (Å²) in [4.78, 5) is 20.8. The molecule has 0 radical (unpaired) electrons. The van der Waals surface area contributed by atoms with E-state index in [9.17, 15) is 4.79 Å². The molecule has 0 spiro atoms. The first-order valence-electron chi connectivity index (χ1n) is 7.20. The number of carbonyl (C=O) groups excluding carboxylic acids is 1. The van der Waals surface area contributed by atoms with E-state index >= 15 is 0 Å². The number of hydrogen-bond acceptors (Lipinski definition) is 6. The van der Waals surface area contributed by atoms with E-state index in [2.05, 4.69) is 38.9 Å². The lowest BCUT2D eigenvalue weighted by Crippen LogP contribution is -2.24. The van der Waals surface area contributed by atoms with E-state index in [0.717, 1.165) is 0 Å². The molecule has 10 heteroatoms. The molecule has 2 aromatic rings. The van der Waals surface area contributed by atoms with Crippen LogP contribution in [0.5, 0.6) is 5.88 Å². The van der Waals surface area contributed by atoms with Crippen molar-refractivity contribution in [3.05, 3.63) is 59.1 Å². The number of ether oxygens (including phenoxy) is 1. The molecule has 0 aliphatic carbocycles. The van der Waals surface area contributed by atoms with E-state index in [0.29, 0.717) is 5.69 Å². The third-order valence-corrected chi connectivity index (χ3v) is 3.61. The van der Waals surface area contributed by atoms with Gasteiger partial charge in [0.25, 0.3) is 5.91 Å². The summed E-state index contributed by atoms with van der Waals surface area (Å²) >= 11 is 11.8. The molecule has 2 heterocycles. The van der Waals surface area contributed by atoms with Gasteiger partial charge in [-0.05, 0) is 6.08 Å². The zero-order chi connectivity index (χ0) is 19.3. The number of nitrogens with zero attached hydrogens (tertiary/aromatic N) is 4. The minimum Gasteiger partial charge on any atom is -0.480 e. The SMILES string of the molecule is C=C/C(Cl)=C(/NC(=O)c1cnc(Nc2cnn(C)c2)nc1OC)C(=C)Cl. The Kier molecular flexibility index (Phi) is 6.37. The van der Waals surface area contributed by atoms with Crippen LogP contribution >= 0.6 is 23.2 Å². The third kappa shape index (κ3) is 4.62. The molecular formula is C16H16Cl2N6O2. The Balaban J connectivity index is 2.27. The Morgan fingerprint density at radius 3 is 2.65 bits per heavy atom. The molecule has 2 rings (SSSR count). The average molecular weight is 395 g/mol. The molecule has 26 heavy (non-hydrogen) atoms. The summed E-state index contributed by atoms with van der Waals surface area (Å²) in [6, 6.07) is 0. The van der Waals surface area contributed by atoms with Crippen molar-refractivity contribution in [2.45, 2.75) is 0 Å². The first-order chi connectivity index (χ1) is 12.3. The zero-order valence-corrected chi connectivity index (χ0v) is 15.6. The summed E-state index contributed by atoms with van der Waals surface area (Å²) in [5, 5.41) is 9.73. The molecule has 2 N–H and O–H groups in total. The number of halogens is 2. The lowest BCUT2D eigenvalue weighted by Gasteiger charge is -2.12. The second kappa shape index (κ2) is 8.50. The fourth-order valence-electron chi connectivity index (χ4n) is 1.89. The average Bonchev–Trinajstić information content (AvgIpc) is 3.03. The monoisotopic (exact) mass is 394 g/mol. The minimum absolute atomic E-state index is 0.0537. The first kappa shape index (κ1) is 19.5. The third-order valence-electron chi connectivity index (χ3n) is 3.08. The molecule has 0 fully saturated rings. The van der Waals surface area contributed by atoms with Crippen molar-refractivity contribution >= 4 is 40.7 Å². The quantitative estimate of drug-likeness (QED) is 0.700. The highest BCUT2D eigenvalue weighted by Gasteiger charge is 2.18. The number of aryl methyl sites for hydroxylation is 1. The molecule has 0 saturated carbocycles. The smallest absolute Gasteiger partial charge is 0.262 e. The highest BCUT2D eigenvalue weighted by molar-refractivity contribution is 6.36. The van der Waals surface area contributed by atoms with Crippen LogP contribution in [-0.4, -0.2) is 32.8 Å². The molecule has 2 aromatic heterocycles. The summed E-state index contributed by atoms with van der Waals surface area (Å²) in [6.07, 6.45) is 6.00. The van der Waals surface area contributed by atoms with Crippen LogP contribution in [0, 0.1) is 0 Å². The molecule has 136 valence electrons. The van der Waals surface area contributed by atoms with E-state index in [1.165, 1.54) is 19.4 Å². The van der Waals surface area contributed by atoms with Gasteiger partial charge >= 0.3 is 0 Å². The van der Waals surface area contributed by atoms with Gasteiger partial charge in [0.2, 0.25) is 11.8 Å². The number of aromatic nitrogens is 4. The van der Waals surface area contributed by atoms with E-state index in [4.69, 9.17) is 27.9 Å². The maximum atomic E-state index is 12.5. The van der Waals surface area contributed by atoms with Crippen LogP contribution in [0.15, 0.2) is 53.6 Å². The number of amides is 1. The fraction of sp³-hybridized carbons (Fsp3) is 0.125. The number of allylic oxidation sites excluding steroid dienone is 3. The van der Waals surface area contributed by atoms with Gasteiger partial charge in [0.15, 0.2) is 0 Å². The summed E-state index contributed by atoms with van der Waals surface area (Å²) in [7, 11) is 3.17. The predicted molar refractivity (Wildman–Crippen MR) is 101 cm³/mol. The summed E-state index contributed by atoms with van der Waals surface area (Å²) in [5.74, 6) is -0.252. The van der Waals surface area contributed by atoms with E-state index in [1.807, 2.05) is 0 Å². The van der Waals surface area contributed by atoms with E-state index < -0.39 is 5.91 Å². The molecule has 0 unspecified atom stereocenters. The Morgan fingerprint density at radius 2 is 2.12 bits per heavy atom. The first-order valence-corrected chi connectivity index (χ1v) is 7.96. The van der Waals surface area contributed by atoms with Crippen LogP contribution in [0.2, 0.25) is 0 Å². The number of hydrogen-bond donors (Lipinski definition) is 2. The van der Waals surface area contributed by atoms with Crippen LogP contribution < -0.4 is 15.4 Å². The van der Waals surface area contributed by atoms with Crippen molar-refractivity contribution in [1.29, 1.82) is 0 Å². The molecule has 0 saturated heterocycles. The van der Waals surface area contributed by atoms with Gasteiger partial charge in [-0.2, -0.15) is 10.1 Å². The van der Waals surface area contributed by atoms with Gasteiger partial charge in [0.05, 0.1) is 34.8 Å². The molecule has 1 amide bonds. The minimum atomic E-state index is -0.563. The lowest BCUT2D eigenvalue weighted by atomic mass is 10.2. The van der Waals surface area contributed by atoms with Crippen LogP contribution in [0.1, 0.15) is 10.4 Å². The highest BCUT2D eigenvalue weighted by Crippen LogP contribution is 2.22. The summed E-state index contributed by atoms with van der Waals surface area (Å²) in [5.41, 5.74) is 0.911. The van der Waals surface area contributed by atoms with Gasteiger partial charge in [-0.1, -0.05) is 36.4 Å². The van der Waals surface area contributed by atoms with Gasteiger partial charge in [-0.3, -0.25) is 9.48 Å². The van der Waals surface area contributed by atoms with Crippen LogP contribution in [0.25, 0.3) is 0 Å². The number of methoxy groups -OCH3 is 1. The number of nitrogens with one attached hydrogen (secondary N) is 2. The highest BCUT2D eigenvalue weighted by atomic mass is 35.5. The molecule has 0 aliphatic heterocycles. The normalized spacial score (nSPS) is 11.4. The van der Waals surface area contributed by atoms with Crippen molar-refractivity contribution < 1.29 is 9.53 Å². The summed E-state index contributed by atoms with van der Waals surface area (Å²) in [6.45, 7) is 7.08. The molecular weight excluding hydrogens is 379 g/mol. The predicted octanol–water partition coefficient (Wildman–Crippen LogP) is 3.08. The van der Waals surface area contributed by atoms with Crippen LogP contribution in [-0.2, 0) is 7.05 Å². The van der Waals surface area contributed by atoms with Crippen molar-refractivity contribution in [1.82, 2.24) is 25.1 Å². The topological polar surface area (TPSA) is 94.0 Å². The summed E-state index contributed by atoms with van der Waals surface area (Å²) < 4.78 is 6.80. The molecule has 0 bridgehead atoms. The van der Waals surface area contributed by atoms with Gasteiger partial charge in [-0.25, -0.2) is 4.98 Å². The van der Waals surface area contributed by atoms with Crippen molar-refractivity contribution in [2.75, 3.05) is 12.4 Å². The van der Waals surface area contributed by atoms with Gasteiger partial charge in [0, 0.05) is 19.4 Å². The maximum absolute atomic E-state index is 12.5. The fourth-order valence-corrected chi connectivity index (χ4v) is 2.25. The van der Waals surface area contributed by atoms with Crippen molar-refractivity contribution in [3.8, 4) is 5.88 Å². The Hall–Kier alpha value is -2.84. The maximum Gasteiger partial charge on any atom is 0.262 e. The Labute approximate surface area is 160 Å². The van der Waals surface area contributed by atoms with Gasteiger partial charge < -0.3 is 15.4 Å². The van der Waals surface area contributed by atoms with E-state index in [1.54, 1.807) is 24.1 Å². The second-order valence-corrected chi connectivity index (χ2v) is 5.79. The second-order valence-electron chi connectivity index (χ2n) is 4.93. The molecule has 0 aliphatic rings. The zero-order valence-electron chi connectivity index (χ0n) is 14.1. The van der Waals surface area contributed by atoms with Crippen LogP contribution in [0.4, 0.5) is 11.6 Å². The number of anilines is 2. The van der Waals surface area contributed by atoms with Crippen molar-refractivity contribution in [2.24, 2.45) is 7.05 Å². The molecule has 8 nitrogen and oxygen atoms in total. The Morgan fingerprint density at radius 1 is 1.38 bits per heavy atom. The van der Waals surface area contributed by atoms with Gasteiger partial charge in [0.1, 0.15) is 5.56 Å². The standard InChI is InChI=1S/C16H16Cl2N6O2/c1-5-12(18)13(9(2)17)22-14(25)11-7-19-16(23-15(11)26-4)21-10-6-20-24(3)8-10/h5-8H,1-2H2,3-4H3,(H,22,25)(H,19,21,23)/b13-12-. The van der Waals surface area contributed by atoms with E-state index in [-0.39, 0.29) is 33.2 Å². The Bertz CT molecular complexity index is 891. The number of rotatable bonds is 7. The largest absolute Gasteiger partial charge is 0.480 e. The molecule has 0 atom stereocenters.